The highest BCUT2D eigenvalue weighted by Gasteiger charge is 2.26. The first-order valence-corrected chi connectivity index (χ1v) is 6.96. The van der Waals surface area contributed by atoms with Crippen LogP contribution in [0.2, 0.25) is 5.02 Å². The van der Waals surface area contributed by atoms with Gasteiger partial charge in [0.25, 0.3) is 5.56 Å². The van der Waals surface area contributed by atoms with Crippen molar-refractivity contribution in [2.45, 2.75) is 6.92 Å². The second-order valence-electron chi connectivity index (χ2n) is 4.52. The fraction of sp³-hybridized carbons (Fsp3) is 0.133. The summed E-state index contributed by atoms with van der Waals surface area (Å²) in [5.41, 5.74) is 4.97. The van der Waals surface area contributed by atoms with Crippen molar-refractivity contribution in [3.8, 4) is 17.2 Å². The number of carbonyl (C=O) groups excluding carboxylic acids is 1. The lowest BCUT2D eigenvalue weighted by atomic mass is 9.96. The Morgan fingerprint density at radius 2 is 2.00 bits per heavy atom. The molecular weight excluding hydrogens is 320 g/mol. The van der Waals surface area contributed by atoms with Crippen LogP contribution in [0.15, 0.2) is 29.1 Å². The first kappa shape index (κ1) is 16.4. The number of esters is 1. The molecule has 7 nitrogen and oxygen atoms in total. The Morgan fingerprint density at radius 3 is 2.52 bits per heavy atom. The number of halogens is 1. The lowest BCUT2D eigenvalue weighted by Crippen LogP contribution is -2.36. The lowest BCUT2D eigenvalue weighted by Gasteiger charge is -2.15. The number of carbonyl (C=O) groups is 1. The van der Waals surface area contributed by atoms with Gasteiger partial charge in [-0.25, -0.2) is 9.47 Å². The van der Waals surface area contributed by atoms with Gasteiger partial charge in [-0.2, -0.15) is 5.26 Å². The Hall–Kier alpha value is -2.98. The second-order valence-corrected chi connectivity index (χ2v) is 4.96. The van der Waals surface area contributed by atoms with Crippen LogP contribution in [0.25, 0.3) is 11.1 Å². The number of ether oxygens (including phenoxy) is 1. The number of nitriles is 1. The molecule has 0 atom stereocenters. The molecule has 2 rings (SSSR count). The van der Waals surface area contributed by atoms with Crippen molar-refractivity contribution >= 4 is 23.4 Å². The molecule has 0 aliphatic heterocycles. The molecule has 4 N–H and O–H groups in total. The minimum absolute atomic E-state index is 0.0646. The molecule has 0 radical (unpaired) electrons. The molecule has 118 valence electrons. The Balaban J connectivity index is 2.92. The quantitative estimate of drug-likeness (QED) is 0.648. The molecule has 0 unspecified atom stereocenters. The van der Waals surface area contributed by atoms with Crippen molar-refractivity contribution < 1.29 is 9.53 Å². The summed E-state index contributed by atoms with van der Waals surface area (Å²) in [4.78, 5) is 24.5. The van der Waals surface area contributed by atoms with Gasteiger partial charge >= 0.3 is 5.97 Å². The van der Waals surface area contributed by atoms with Gasteiger partial charge in [-0.05, 0) is 24.6 Å². The van der Waals surface area contributed by atoms with Crippen molar-refractivity contribution in [2.75, 3.05) is 18.2 Å². The monoisotopic (exact) mass is 332 g/mol. The van der Waals surface area contributed by atoms with Crippen LogP contribution in [0.3, 0.4) is 0 Å². The molecule has 2 aromatic rings. The SMILES string of the molecule is CCOC(=O)c1c(-c2ccc(Cl)cc2)c(C#N)c(N)n(N)c1=O. The van der Waals surface area contributed by atoms with E-state index < -0.39 is 11.5 Å². The smallest absolute Gasteiger partial charge is 0.344 e. The number of pyridine rings is 1. The number of nitrogens with zero attached hydrogens (tertiary/aromatic N) is 2. The summed E-state index contributed by atoms with van der Waals surface area (Å²) >= 11 is 5.85. The van der Waals surface area contributed by atoms with Crippen LogP contribution in [0, 0.1) is 11.3 Å². The minimum atomic E-state index is -0.877. The van der Waals surface area contributed by atoms with Gasteiger partial charge in [0, 0.05) is 10.6 Å². The molecule has 0 fully saturated rings. The summed E-state index contributed by atoms with van der Waals surface area (Å²) in [6.07, 6.45) is 0. The largest absolute Gasteiger partial charge is 0.462 e. The number of hydrogen-bond donors (Lipinski definition) is 2. The summed E-state index contributed by atoms with van der Waals surface area (Å²) in [6, 6.07) is 8.15. The predicted molar refractivity (Wildman–Crippen MR) is 86.4 cm³/mol. The average molecular weight is 333 g/mol. The number of nitrogen functional groups attached to an aromatic ring is 2. The van der Waals surface area contributed by atoms with Gasteiger partial charge in [-0.1, -0.05) is 23.7 Å². The molecular formula is C15H13ClN4O3. The summed E-state index contributed by atoms with van der Waals surface area (Å²) in [5, 5.41) is 9.85. The molecule has 0 saturated heterocycles. The van der Waals surface area contributed by atoms with E-state index in [1.165, 1.54) is 0 Å². The zero-order chi connectivity index (χ0) is 17.1. The van der Waals surface area contributed by atoms with Crippen molar-refractivity contribution in [3.05, 3.63) is 50.8 Å². The number of benzene rings is 1. The average Bonchev–Trinajstić information content (AvgIpc) is 2.53. The first-order valence-electron chi connectivity index (χ1n) is 6.59. The maximum absolute atomic E-state index is 12.4. The highest BCUT2D eigenvalue weighted by molar-refractivity contribution is 6.30. The third kappa shape index (κ3) is 2.84. The van der Waals surface area contributed by atoms with Gasteiger partial charge in [-0.3, -0.25) is 4.79 Å². The molecule has 0 aliphatic rings. The number of rotatable bonds is 3. The van der Waals surface area contributed by atoms with Crippen LogP contribution in [0.4, 0.5) is 5.82 Å². The lowest BCUT2D eigenvalue weighted by molar-refractivity contribution is 0.0524. The number of anilines is 1. The fourth-order valence-corrected chi connectivity index (χ4v) is 2.25. The maximum Gasteiger partial charge on any atom is 0.344 e. The van der Waals surface area contributed by atoms with Crippen molar-refractivity contribution in [1.82, 2.24) is 4.68 Å². The van der Waals surface area contributed by atoms with E-state index in [1.54, 1.807) is 31.2 Å². The summed E-state index contributed by atoms with van der Waals surface area (Å²) in [7, 11) is 0. The van der Waals surface area contributed by atoms with Crippen LogP contribution in [-0.2, 0) is 4.74 Å². The fourth-order valence-electron chi connectivity index (χ4n) is 2.12. The number of aromatic nitrogens is 1. The van der Waals surface area contributed by atoms with Crippen LogP contribution in [0.1, 0.15) is 22.8 Å². The van der Waals surface area contributed by atoms with Crippen LogP contribution < -0.4 is 17.1 Å². The van der Waals surface area contributed by atoms with E-state index >= 15 is 0 Å². The molecule has 1 aromatic heterocycles. The topological polar surface area (TPSA) is 124 Å². The van der Waals surface area contributed by atoms with Gasteiger partial charge in [0.1, 0.15) is 23.0 Å². The van der Waals surface area contributed by atoms with Gasteiger partial charge in [-0.15, -0.1) is 0 Å². The Labute approximate surface area is 136 Å². The third-order valence-corrected chi connectivity index (χ3v) is 3.42. The van der Waals surface area contributed by atoms with Crippen LogP contribution in [-0.4, -0.2) is 17.3 Å². The standard InChI is InChI=1S/C15H13ClN4O3/c1-2-23-15(22)12-11(8-3-5-9(16)6-4-8)10(7-17)13(18)20(19)14(12)21/h3-6H,2,18-19H2,1H3. The summed E-state index contributed by atoms with van der Waals surface area (Å²) < 4.78 is 5.46. The van der Waals surface area contributed by atoms with Gasteiger partial charge in [0.05, 0.1) is 6.61 Å². The molecule has 0 amide bonds. The second kappa shape index (κ2) is 6.42. The van der Waals surface area contributed by atoms with Gasteiger partial charge in [0.2, 0.25) is 0 Å². The predicted octanol–water partition coefficient (Wildman–Crippen LogP) is 1.51. The molecule has 8 heteroatoms. The van der Waals surface area contributed by atoms with Crippen LogP contribution in [0.5, 0.6) is 0 Å². The van der Waals surface area contributed by atoms with E-state index in [1.807, 2.05) is 6.07 Å². The molecule has 0 bridgehead atoms. The maximum atomic E-state index is 12.4. The van der Waals surface area contributed by atoms with E-state index in [-0.39, 0.29) is 29.1 Å². The van der Waals surface area contributed by atoms with E-state index in [9.17, 15) is 14.9 Å². The highest BCUT2D eigenvalue weighted by Crippen LogP contribution is 2.30. The van der Waals surface area contributed by atoms with E-state index in [0.717, 1.165) is 0 Å². The third-order valence-electron chi connectivity index (χ3n) is 3.17. The van der Waals surface area contributed by atoms with Gasteiger partial charge < -0.3 is 16.3 Å². The number of hydrogen-bond acceptors (Lipinski definition) is 6. The molecule has 23 heavy (non-hydrogen) atoms. The molecule has 1 aromatic carbocycles. The summed E-state index contributed by atoms with van der Waals surface area (Å²) in [5.74, 6) is 4.45. The van der Waals surface area contributed by atoms with E-state index in [4.69, 9.17) is 27.9 Å². The molecule has 0 spiro atoms. The molecule has 1 heterocycles. The van der Waals surface area contributed by atoms with E-state index in [0.29, 0.717) is 15.3 Å². The first-order chi connectivity index (χ1) is 10.9. The molecule has 0 saturated carbocycles. The normalized spacial score (nSPS) is 10.1. The van der Waals surface area contributed by atoms with Crippen molar-refractivity contribution in [2.24, 2.45) is 0 Å². The van der Waals surface area contributed by atoms with E-state index in [2.05, 4.69) is 0 Å². The zero-order valence-corrected chi connectivity index (χ0v) is 12.9. The van der Waals surface area contributed by atoms with Crippen molar-refractivity contribution in [1.29, 1.82) is 5.26 Å². The Bertz CT molecular complexity index is 866. The number of nitrogens with two attached hydrogens (primary N) is 2. The van der Waals surface area contributed by atoms with Crippen LogP contribution >= 0.6 is 11.6 Å². The van der Waals surface area contributed by atoms with Gasteiger partial charge in [0.15, 0.2) is 0 Å². The highest BCUT2D eigenvalue weighted by atomic mass is 35.5. The van der Waals surface area contributed by atoms with Crippen molar-refractivity contribution in [3.63, 3.8) is 0 Å². The minimum Gasteiger partial charge on any atom is -0.462 e. The molecule has 0 aliphatic carbocycles. The zero-order valence-electron chi connectivity index (χ0n) is 12.2. The summed E-state index contributed by atoms with van der Waals surface area (Å²) in [6.45, 7) is 1.67. The Kier molecular flexibility index (Phi) is 4.57. The Morgan fingerprint density at radius 1 is 1.39 bits per heavy atom.